The lowest BCUT2D eigenvalue weighted by Crippen LogP contribution is -2.49. The van der Waals surface area contributed by atoms with E-state index < -0.39 is 0 Å². The van der Waals surface area contributed by atoms with Crippen LogP contribution >= 0.6 is 24.0 Å². The molecule has 2 heterocycles. The molecule has 0 amide bonds. The first-order valence-corrected chi connectivity index (χ1v) is 12.1. The number of halogens is 1. The molecule has 6 nitrogen and oxygen atoms in total. The van der Waals surface area contributed by atoms with E-state index >= 15 is 0 Å². The maximum Gasteiger partial charge on any atom is 0.191 e. The Morgan fingerprint density at radius 1 is 1.19 bits per heavy atom. The molecule has 1 fully saturated rings. The molecule has 0 radical (unpaired) electrons. The SMILES string of the molecule is CCNC(=NCC(C)(C)N1CCc2ccccc2C1)NCCCOCC1CCOCC1.I. The van der Waals surface area contributed by atoms with Gasteiger partial charge in [0.05, 0.1) is 6.54 Å². The average Bonchev–Trinajstić information content (AvgIpc) is 2.80. The van der Waals surface area contributed by atoms with E-state index in [0.717, 1.165) is 90.8 Å². The molecule has 2 N–H and O–H groups in total. The molecule has 1 aromatic rings. The number of hydrogen-bond acceptors (Lipinski definition) is 4. The number of nitrogens with zero attached hydrogens (tertiary/aromatic N) is 2. The van der Waals surface area contributed by atoms with Crippen molar-refractivity contribution in [2.24, 2.45) is 10.9 Å². The van der Waals surface area contributed by atoms with Crippen LogP contribution in [-0.4, -0.2) is 69.0 Å². The predicted molar refractivity (Wildman–Crippen MR) is 143 cm³/mol. The van der Waals surface area contributed by atoms with E-state index in [4.69, 9.17) is 14.5 Å². The van der Waals surface area contributed by atoms with Gasteiger partial charge in [0.25, 0.3) is 0 Å². The van der Waals surface area contributed by atoms with Crippen molar-refractivity contribution >= 4 is 29.9 Å². The Balaban J connectivity index is 0.00000363. The maximum atomic E-state index is 5.87. The van der Waals surface area contributed by atoms with Gasteiger partial charge in [-0.3, -0.25) is 9.89 Å². The molecule has 7 heteroatoms. The largest absolute Gasteiger partial charge is 0.381 e. The van der Waals surface area contributed by atoms with E-state index in [1.165, 1.54) is 11.1 Å². The second-order valence-corrected chi connectivity index (χ2v) is 9.36. The van der Waals surface area contributed by atoms with Crippen LogP contribution in [-0.2, 0) is 22.4 Å². The molecular weight excluding hydrogens is 515 g/mol. The van der Waals surface area contributed by atoms with Gasteiger partial charge < -0.3 is 20.1 Å². The standard InChI is InChI=1S/C25H42N4O2.HI/c1-4-26-24(27-13-7-15-31-19-21-11-16-30-17-12-21)28-20-25(2,3)29-14-10-22-8-5-6-9-23(22)18-29;/h5-6,8-9,21H,4,7,10-20H2,1-3H3,(H2,26,27,28);1H. The third kappa shape index (κ3) is 8.80. The van der Waals surface area contributed by atoms with Gasteiger partial charge in [-0.25, -0.2) is 0 Å². The van der Waals surface area contributed by atoms with Crippen molar-refractivity contribution in [3.8, 4) is 0 Å². The minimum atomic E-state index is 0. The fourth-order valence-electron chi connectivity index (χ4n) is 4.27. The molecule has 2 aliphatic heterocycles. The van der Waals surface area contributed by atoms with E-state index in [-0.39, 0.29) is 29.5 Å². The van der Waals surface area contributed by atoms with Gasteiger partial charge in [0.2, 0.25) is 0 Å². The van der Waals surface area contributed by atoms with Gasteiger partial charge in [-0.15, -0.1) is 24.0 Å². The third-order valence-corrected chi connectivity index (χ3v) is 6.41. The average molecular weight is 559 g/mol. The molecule has 3 rings (SSSR count). The highest BCUT2D eigenvalue weighted by Crippen LogP contribution is 2.25. The summed E-state index contributed by atoms with van der Waals surface area (Å²) >= 11 is 0. The van der Waals surface area contributed by atoms with Crippen LogP contribution in [0.15, 0.2) is 29.3 Å². The van der Waals surface area contributed by atoms with Gasteiger partial charge in [0.15, 0.2) is 5.96 Å². The van der Waals surface area contributed by atoms with Gasteiger partial charge in [-0.1, -0.05) is 24.3 Å². The van der Waals surface area contributed by atoms with Crippen molar-refractivity contribution in [2.75, 3.05) is 52.6 Å². The maximum absolute atomic E-state index is 5.87. The fourth-order valence-corrected chi connectivity index (χ4v) is 4.27. The molecule has 0 aromatic heterocycles. The molecule has 0 saturated carbocycles. The number of hydrogen-bond donors (Lipinski definition) is 2. The van der Waals surface area contributed by atoms with E-state index in [2.05, 4.69) is 60.6 Å². The Labute approximate surface area is 211 Å². The molecule has 0 bridgehead atoms. The Morgan fingerprint density at radius 2 is 1.94 bits per heavy atom. The zero-order valence-corrected chi connectivity index (χ0v) is 22.5. The lowest BCUT2D eigenvalue weighted by molar-refractivity contribution is 0.0203. The number of guanidine groups is 1. The molecule has 182 valence electrons. The summed E-state index contributed by atoms with van der Waals surface area (Å²) < 4.78 is 11.3. The highest BCUT2D eigenvalue weighted by atomic mass is 127. The molecule has 0 unspecified atom stereocenters. The topological polar surface area (TPSA) is 58.1 Å². The van der Waals surface area contributed by atoms with Crippen molar-refractivity contribution in [1.82, 2.24) is 15.5 Å². The first-order valence-electron chi connectivity index (χ1n) is 12.1. The van der Waals surface area contributed by atoms with Gasteiger partial charge in [-0.2, -0.15) is 0 Å². The minimum Gasteiger partial charge on any atom is -0.381 e. The summed E-state index contributed by atoms with van der Waals surface area (Å²) in [5.41, 5.74) is 2.96. The van der Waals surface area contributed by atoms with E-state index in [9.17, 15) is 0 Å². The monoisotopic (exact) mass is 558 g/mol. The van der Waals surface area contributed by atoms with Crippen LogP contribution in [0, 0.1) is 5.92 Å². The Kier molecular flexibility index (Phi) is 12.3. The van der Waals surface area contributed by atoms with Crippen LogP contribution in [0.2, 0.25) is 0 Å². The summed E-state index contributed by atoms with van der Waals surface area (Å²) in [5, 5.41) is 6.85. The predicted octanol–water partition coefficient (Wildman–Crippen LogP) is 3.83. The molecule has 0 atom stereocenters. The van der Waals surface area contributed by atoms with E-state index in [0.29, 0.717) is 5.92 Å². The summed E-state index contributed by atoms with van der Waals surface area (Å²) in [6.45, 7) is 14.8. The van der Waals surface area contributed by atoms with Gasteiger partial charge >= 0.3 is 0 Å². The van der Waals surface area contributed by atoms with E-state index in [1.807, 2.05) is 0 Å². The number of rotatable bonds is 10. The zero-order valence-electron chi connectivity index (χ0n) is 20.2. The van der Waals surface area contributed by atoms with Crippen molar-refractivity contribution < 1.29 is 9.47 Å². The van der Waals surface area contributed by atoms with Crippen LogP contribution in [0.4, 0.5) is 0 Å². The molecule has 32 heavy (non-hydrogen) atoms. The quantitative estimate of drug-likeness (QED) is 0.198. The molecule has 0 aliphatic carbocycles. The number of benzene rings is 1. The number of fused-ring (bicyclic) bond motifs is 1. The number of aliphatic imine (C=N–C) groups is 1. The van der Waals surface area contributed by atoms with Gasteiger partial charge in [-0.05, 0) is 63.5 Å². The molecular formula is C25H43IN4O2. The molecule has 0 spiro atoms. The molecule has 1 saturated heterocycles. The highest BCUT2D eigenvalue weighted by molar-refractivity contribution is 14.0. The van der Waals surface area contributed by atoms with Gasteiger partial charge in [0, 0.05) is 58.1 Å². The molecule has 1 aromatic carbocycles. The third-order valence-electron chi connectivity index (χ3n) is 6.41. The van der Waals surface area contributed by atoms with Crippen molar-refractivity contribution in [1.29, 1.82) is 0 Å². The Bertz CT molecular complexity index is 692. The summed E-state index contributed by atoms with van der Waals surface area (Å²) in [6.07, 6.45) is 4.37. The highest BCUT2D eigenvalue weighted by Gasteiger charge is 2.29. The van der Waals surface area contributed by atoms with Gasteiger partial charge in [0.1, 0.15) is 0 Å². The van der Waals surface area contributed by atoms with Crippen LogP contribution in [0.5, 0.6) is 0 Å². The van der Waals surface area contributed by atoms with Crippen molar-refractivity contribution in [3.05, 3.63) is 35.4 Å². The molecule has 2 aliphatic rings. The minimum absolute atomic E-state index is 0. The summed E-state index contributed by atoms with van der Waals surface area (Å²) in [6, 6.07) is 8.82. The second kappa shape index (κ2) is 14.4. The Morgan fingerprint density at radius 3 is 2.69 bits per heavy atom. The van der Waals surface area contributed by atoms with Crippen molar-refractivity contribution in [3.63, 3.8) is 0 Å². The van der Waals surface area contributed by atoms with Crippen LogP contribution in [0.3, 0.4) is 0 Å². The van der Waals surface area contributed by atoms with Crippen molar-refractivity contribution in [2.45, 2.75) is 58.5 Å². The van der Waals surface area contributed by atoms with Crippen LogP contribution in [0.25, 0.3) is 0 Å². The first-order chi connectivity index (χ1) is 15.1. The smallest absolute Gasteiger partial charge is 0.191 e. The number of nitrogens with one attached hydrogen (secondary N) is 2. The fraction of sp³-hybridized carbons (Fsp3) is 0.720. The lowest BCUT2D eigenvalue weighted by atomic mass is 9.94. The summed E-state index contributed by atoms with van der Waals surface area (Å²) in [7, 11) is 0. The van der Waals surface area contributed by atoms with Crippen LogP contribution < -0.4 is 10.6 Å². The Hall–Kier alpha value is -0.900. The normalized spacial score (nSPS) is 18.0. The second-order valence-electron chi connectivity index (χ2n) is 9.36. The van der Waals surface area contributed by atoms with E-state index in [1.54, 1.807) is 0 Å². The summed E-state index contributed by atoms with van der Waals surface area (Å²) in [4.78, 5) is 7.47. The lowest BCUT2D eigenvalue weighted by Gasteiger charge is -2.40. The first kappa shape index (κ1) is 27.3. The number of ether oxygens (including phenoxy) is 2. The zero-order chi connectivity index (χ0) is 21.9. The van der Waals surface area contributed by atoms with Crippen LogP contribution in [0.1, 0.15) is 51.2 Å². The summed E-state index contributed by atoms with van der Waals surface area (Å²) in [5.74, 6) is 1.57.